The number of hydrogen-bond acceptors (Lipinski definition) is 4. The van der Waals surface area contributed by atoms with Crippen LogP contribution in [0.5, 0.6) is 0 Å². The van der Waals surface area contributed by atoms with E-state index in [2.05, 4.69) is 27.3 Å². The van der Waals surface area contributed by atoms with Gasteiger partial charge in [0.25, 0.3) is 0 Å². The summed E-state index contributed by atoms with van der Waals surface area (Å²) in [6.07, 6.45) is 1.59. The second-order valence-electron chi connectivity index (χ2n) is 3.71. The Morgan fingerprint density at radius 3 is 2.82 bits per heavy atom. The van der Waals surface area contributed by atoms with Crippen LogP contribution in [-0.4, -0.2) is 20.2 Å². The molecular formula is C11H9BrN2O2S. The minimum atomic E-state index is -3.08. The van der Waals surface area contributed by atoms with Crippen molar-refractivity contribution in [3.05, 3.63) is 39.7 Å². The van der Waals surface area contributed by atoms with E-state index in [1.54, 1.807) is 24.3 Å². The van der Waals surface area contributed by atoms with Crippen LogP contribution in [-0.2, 0) is 9.84 Å². The Labute approximate surface area is 108 Å². The summed E-state index contributed by atoms with van der Waals surface area (Å²) in [4.78, 5) is 0. The summed E-state index contributed by atoms with van der Waals surface area (Å²) in [6, 6.07) is 6.99. The molecule has 4 nitrogen and oxygen atoms in total. The van der Waals surface area contributed by atoms with E-state index in [0.29, 0.717) is 11.3 Å². The predicted molar refractivity (Wildman–Crippen MR) is 69.2 cm³/mol. The Kier molecular flexibility index (Phi) is 3.22. The van der Waals surface area contributed by atoms with E-state index < -0.39 is 9.84 Å². The summed E-state index contributed by atoms with van der Waals surface area (Å²) >= 11 is 3.31. The van der Waals surface area contributed by atoms with Crippen molar-refractivity contribution in [3.63, 3.8) is 0 Å². The highest BCUT2D eigenvalue weighted by Gasteiger charge is 2.22. The van der Waals surface area contributed by atoms with E-state index in [1.165, 1.54) is 5.41 Å². The minimum Gasteiger partial charge on any atom is -0.377 e. The minimum absolute atomic E-state index is 0.0321. The number of nitrogens with zero attached hydrogens (tertiary/aromatic N) is 1. The first-order valence-electron chi connectivity index (χ1n) is 4.87. The lowest BCUT2D eigenvalue weighted by Crippen LogP contribution is -2.21. The molecular weight excluding hydrogens is 304 g/mol. The first-order valence-corrected chi connectivity index (χ1v) is 7.38. The second-order valence-corrected chi connectivity index (χ2v) is 6.56. The van der Waals surface area contributed by atoms with Crippen molar-refractivity contribution >= 4 is 31.5 Å². The van der Waals surface area contributed by atoms with Crippen LogP contribution < -0.4 is 5.32 Å². The Morgan fingerprint density at radius 1 is 1.47 bits per heavy atom. The van der Waals surface area contributed by atoms with Gasteiger partial charge in [0, 0.05) is 9.88 Å². The van der Waals surface area contributed by atoms with E-state index in [1.807, 2.05) is 0 Å². The van der Waals surface area contributed by atoms with Crippen molar-refractivity contribution in [2.24, 2.45) is 0 Å². The van der Waals surface area contributed by atoms with Crippen molar-refractivity contribution < 1.29 is 8.42 Å². The molecule has 0 saturated heterocycles. The molecule has 0 radical (unpaired) electrons. The molecule has 88 valence electrons. The second kappa shape index (κ2) is 4.51. The van der Waals surface area contributed by atoms with Gasteiger partial charge in [0.2, 0.25) is 0 Å². The molecule has 0 bridgehead atoms. The molecule has 2 rings (SSSR count). The summed E-state index contributed by atoms with van der Waals surface area (Å²) in [5.41, 5.74) is 1.12. The van der Waals surface area contributed by atoms with E-state index in [-0.39, 0.29) is 11.8 Å². The lowest BCUT2D eigenvalue weighted by atomic mass is 10.2. The number of hydrogen-bond donors (Lipinski definition) is 1. The quantitative estimate of drug-likeness (QED) is 0.907. The maximum atomic E-state index is 11.3. The van der Waals surface area contributed by atoms with Crippen LogP contribution in [0.15, 0.2) is 34.2 Å². The maximum Gasteiger partial charge on any atom is 0.173 e. The third-order valence-electron chi connectivity index (χ3n) is 2.37. The van der Waals surface area contributed by atoms with Gasteiger partial charge < -0.3 is 5.32 Å². The summed E-state index contributed by atoms with van der Waals surface area (Å²) in [5, 5.41) is 13.2. The third-order valence-corrected chi connectivity index (χ3v) is 4.26. The van der Waals surface area contributed by atoms with Crippen LogP contribution in [0.4, 0.5) is 5.69 Å². The first-order chi connectivity index (χ1) is 8.00. The SMILES string of the molecule is N#Cc1ccc(Br)cc1NC1C=CS(=O)(=O)C1. The summed E-state index contributed by atoms with van der Waals surface area (Å²) in [5.74, 6) is 0.0321. The third kappa shape index (κ3) is 2.87. The van der Waals surface area contributed by atoms with Crippen molar-refractivity contribution in [2.45, 2.75) is 6.04 Å². The molecule has 0 saturated carbocycles. The fourth-order valence-corrected chi connectivity index (χ4v) is 3.20. The lowest BCUT2D eigenvalue weighted by Gasteiger charge is -2.13. The van der Waals surface area contributed by atoms with E-state index >= 15 is 0 Å². The highest BCUT2D eigenvalue weighted by molar-refractivity contribution is 9.10. The molecule has 0 fully saturated rings. The molecule has 1 atom stereocenters. The summed E-state index contributed by atoms with van der Waals surface area (Å²) in [6.45, 7) is 0. The smallest absolute Gasteiger partial charge is 0.173 e. The first kappa shape index (κ1) is 12.1. The van der Waals surface area contributed by atoms with E-state index in [0.717, 1.165) is 4.47 Å². The van der Waals surface area contributed by atoms with Gasteiger partial charge in [0.1, 0.15) is 6.07 Å². The standard InChI is InChI=1S/C11H9BrN2O2S/c12-9-2-1-8(6-13)11(5-9)14-10-3-4-17(15,16)7-10/h1-5,10,14H,7H2. The van der Waals surface area contributed by atoms with Crippen LogP contribution in [0.25, 0.3) is 0 Å². The van der Waals surface area contributed by atoms with Gasteiger partial charge in [-0.05, 0) is 18.2 Å². The van der Waals surface area contributed by atoms with Crippen LogP contribution in [0.1, 0.15) is 5.56 Å². The monoisotopic (exact) mass is 312 g/mol. The molecule has 1 unspecified atom stereocenters. The predicted octanol–water partition coefficient (Wildman–Crippen LogP) is 2.04. The van der Waals surface area contributed by atoms with Crippen molar-refractivity contribution in [2.75, 3.05) is 11.1 Å². The molecule has 0 aliphatic carbocycles. The molecule has 1 aliphatic heterocycles. The van der Waals surface area contributed by atoms with Crippen LogP contribution in [0.2, 0.25) is 0 Å². The zero-order valence-corrected chi connectivity index (χ0v) is 11.1. The molecule has 1 aliphatic rings. The van der Waals surface area contributed by atoms with Gasteiger partial charge in [-0.15, -0.1) is 0 Å². The normalized spacial score (nSPS) is 21.1. The number of rotatable bonds is 2. The number of anilines is 1. The topological polar surface area (TPSA) is 70.0 Å². The molecule has 17 heavy (non-hydrogen) atoms. The van der Waals surface area contributed by atoms with Gasteiger partial charge >= 0.3 is 0 Å². The lowest BCUT2D eigenvalue weighted by molar-refractivity contribution is 0.605. The van der Waals surface area contributed by atoms with E-state index in [4.69, 9.17) is 5.26 Å². The molecule has 1 aromatic rings. The van der Waals surface area contributed by atoms with Crippen LogP contribution in [0.3, 0.4) is 0 Å². The zero-order valence-electron chi connectivity index (χ0n) is 8.72. The molecule has 0 aromatic heterocycles. The number of benzene rings is 1. The summed E-state index contributed by atoms with van der Waals surface area (Å²) < 4.78 is 23.3. The number of halogens is 1. The van der Waals surface area contributed by atoms with Crippen molar-refractivity contribution in [1.29, 1.82) is 5.26 Å². The van der Waals surface area contributed by atoms with Gasteiger partial charge in [-0.1, -0.05) is 22.0 Å². The fraction of sp³-hybridized carbons (Fsp3) is 0.182. The van der Waals surface area contributed by atoms with Crippen molar-refractivity contribution in [3.8, 4) is 6.07 Å². The molecule has 6 heteroatoms. The Balaban J connectivity index is 2.23. The van der Waals surface area contributed by atoms with Crippen LogP contribution in [0, 0.1) is 11.3 Å². The number of nitriles is 1. The van der Waals surface area contributed by atoms with Gasteiger partial charge in [-0.2, -0.15) is 5.26 Å². The van der Waals surface area contributed by atoms with Gasteiger partial charge in [-0.25, -0.2) is 8.42 Å². The average molecular weight is 313 g/mol. The van der Waals surface area contributed by atoms with E-state index in [9.17, 15) is 8.42 Å². The molecule has 0 amide bonds. The van der Waals surface area contributed by atoms with Crippen molar-refractivity contribution in [1.82, 2.24) is 0 Å². The van der Waals surface area contributed by atoms with Gasteiger partial charge in [0.15, 0.2) is 9.84 Å². The number of nitrogens with one attached hydrogen (secondary N) is 1. The Hall–Kier alpha value is -1.32. The molecule has 1 N–H and O–H groups in total. The summed E-state index contributed by atoms with van der Waals surface area (Å²) in [7, 11) is -3.08. The Bertz CT molecular complexity index is 617. The average Bonchev–Trinajstić information content (AvgIpc) is 2.58. The maximum absolute atomic E-state index is 11.3. The molecule has 1 aromatic carbocycles. The largest absolute Gasteiger partial charge is 0.377 e. The fourth-order valence-electron chi connectivity index (χ4n) is 1.60. The van der Waals surface area contributed by atoms with Gasteiger partial charge in [-0.3, -0.25) is 0 Å². The highest BCUT2D eigenvalue weighted by atomic mass is 79.9. The molecule has 0 spiro atoms. The highest BCUT2D eigenvalue weighted by Crippen LogP contribution is 2.23. The Morgan fingerprint density at radius 2 is 2.24 bits per heavy atom. The molecule has 1 heterocycles. The number of sulfone groups is 1. The zero-order chi connectivity index (χ0) is 12.5. The van der Waals surface area contributed by atoms with Crippen LogP contribution >= 0.6 is 15.9 Å². The van der Waals surface area contributed by atoms with Gasteiger partial charge in [0.05, 0.1) is 23.0 Å².